The standard InChI is InChI=1S/C10H10Cl2N4/c1-6-14-10(5-13)15-16(6)9-3-2-7(11)4-8(9)12/h2-4H,5,13H2,1H3. The quantitative estimate of drug-likeness (QED) is 0.898. The Morgan fingerprint density at radius 3 is 2.69 bits per heavy atom. The maximum atomic E-state index is 6.08. The molecular formula is C10H10Cl2N4. The van der Waals surface area contributed by atoms with Crippen LogP contribution < -0.4 is 5.73 Å². The lowest BCUT2D eigenvalue weighted by Crippen LogP contribution is -2.02. The van der Waals surface area contributed by atoms with Crippen LogP contribution in [-0.2, 0) is 6.54 Å². The van der Waals surface area contributed by atoms with Crippen LogP contribution >= 0.6 is 23.2 Å². The summed E-state index contributed by atoms with van der Waals surface area (Å²) in [7, 11) is 0. The van der Waals surface area contributed by atoms with E-state index in [1.807, 2.05) is 6.92 Å². The summed E-state index contributed by atoms with van der Waals surface area (Å²) < 4.78 is 1.65. The highest BCUT2D eigenvalue weighted by atomic mass is 35.5. The SMILES string of the molecule is Cc1nc(CN)nn1-c1ccc(Cl)cc1Cl. The van der Waals surface area contributed by atoms with E-state index >= 15 is 0 Å². The Bertz CT molecular complexity index is 522. The van der Waals surface area contributed by atoms with Crippen molar-refractivity contribution in [3.05, 3.63) is 39.9 Å². The Morgan fingerprint density at radius 1 is 1.38 bits per heavy atom. The summed E-state index contributed by atoms with van der Waals surface area (Å²) in [6.07, 6.45) is 0. The zero-order chi connectivity index (χ0) is 11.7. The van der Waals surface area contributed by atoms with Gasteiger partial charge in [0.15, 0.2) is 5.82 Å². The van der Waals surface area contributed by atoms with Crippen molar-refractivity contribution in [2.45, 2.75) is 13.5 Å². The van der Waals surface area contributed by atoms with Gasteiger partial charge in [0.1, 0.15) is 5.82 Å². The van der Waals surface area contributed by atoms with Crippen molar-refractivity contribution in [3.8, 4) is 5.69 Å². The molecule has 0 aliphatic rings. The molecule has 1 heterocycles. The van der Waals surface area contributed by atoms with Gasteiger partial charge in [0.2, 0.25) is 0 Å². The molecule has 0 bridgehead atoms. The zero-order valence-electron chi connectivity index (χ0n) is 8.61. The Morgan fingerprint density at radius 2 is 2.12 bits per heavy atom. The van der Waals surface area contributed by atoms with Gasteiger partial charge >= 0.3 is 0 Å². The molecule has 0 unspecified atom stereocenters. The molecule has 0 saturated heterocycles. The van der Waals surface area contributed by atoms with Crippen LogP contribution in [0.3, 0.4) is 0 Å². The maximum absolute atomic E-state index is 6.08. The highest BCUT2D eigenvalue weighted by molar-refractivity contribution is 6.35. The molecule has 2 aromatic rings. The van der Waals surface area contributed by atoms with Crippen molar-refractivity contribution in [1.82, 2.24) is 14.8 Å². The van der Waals surface area contributed by atoms with Crippen molar-refractivity contribution in [3.63, 3.8) is 0 Å². The van der Waals surface area contributed by atoms with Gasteiger partial charge < -0.3 is 5.73 Å². The summed E-state index contributed by atoms with van der Waals surface area (Å²) in [5.41, 5.74) is 6.23. The first kappa shape index (κ1) is 11.4. The molecule has 6 heteroatoms. The Labute approximate surface area is 103 Å². The topological polar surface area (TPSA) is 56.7 Å². The summed E-state index contributed by atoms with van der Waals surface area (Å²) in [4.78, 5) is 4.20. The number of halogens is 2. The summed E-state index contributed by atoms with van der Waals surface area (Å²) in [6, 6.07) is 5.22. The monoisotopic (exact) mass is 256 g/mol. The first-order valence-electron chi connectivity index (χ1n) is 4.70. The van der Waals surface area contributed by atoms with E-state index in [1.165, 1.54) is 0 Å². The fraction of sp³-hybridized carbons (Fsp3) is 0.200. The highest BCUT2D eigenvalue weighted by Gasteiger charge is 2.10. The summed E-state index contributed by atoms with van der Waals surface area (Å²) in [6.45, 7) is 2.15. The van der Waals surface area contributed by atoms with E-state index in [0.717, 1.165) is 11.5 Å². The summed E-state index contributed by atoms with van der Waals surface area (Å²) in [5, 5.41) is 5.36. The van der Waals surface area contributed by atoms with Gasteiger partial charge in [-0.3, -0.25) is 0 Å². The molecule has 0 atom stereocenters. The minimum absolute atomic E-state index is 0.305. The van der Waals surface area contributed by atoms with Gasteiger partial charge in [0, 0.05) is 5.02 Å². The average molecular weight is 257 g/mol. The molecule has 2 rings (SSSR count). The molecule has 0 saturated carbocycles. The lowest BCUT2D eigenvalue weighted by molar-refractivity contribution is 0.813. The van der Waals surface area contributed by atoms with Crippen molar-refractivity contribution in [1.29, 1.82) is 0 Å². The smallest absolute Gasteiger partial charge is 0.164 e. The number of hydrogen-bond acceptors (Lipinski definition) is 3. The first-order valence-corrected chi connectivity index (χ1v) is 5.45. The van der Waals surface area contributed by atoms with Crippen LogP contribution in [0.2, 0.25) is 10.0 Å². The number of benzene rings is 1. The van der Waals surface area contributed by atoms with Gasteiger partial charge in [-0.25, -0.2) is 9.67 Å². The van der Waals surface area contributed by atoms with Gasteiger partial charge in [-0.1, -0.05) is 23.2 Å². The normalized spacial score (nSPS) is 10.8. The van der Waals surface area contributed by atoms with E-state index in [2.05, 4.69) is 10.1 Å². The second-order valence-corrected chi connectivity index (χ2v) is 4.13. The van der Waals surface area contributed by atoms with Crippen LogP contribution in [0, 0.1) is 6.92 Å². The number of nitrogens with zero attached hydrogens (tertiary/aromatic N) is 3. The van der Waals surface area contributed by atoms with Gasteiger partial charge in [0.25, 0.3) is 0 Å². The molecule has 1 aromatic carbocycles. The number of rotatable bonds is 2. The van der Waals surface area contributed by atoms with Crippen molar-refractivity contribution in [2.24, 2.45) is 5.73 Å². The largest absolute Gasteiger partial charge is 0.324 e. The van der Waals surface area contributed by atoms with Crippen molar-refractivity contribution >= 4 is 23.2 Å². The lowest BCUT2D eigenvalue weighted by Gasteiger charge is -2.05. The summed E-state index contributed by atoms with van der Waals surface area (Å²) in [5.74, 6) is 1.33. The molecule has 0 fully saturated rings. The Hall–Kier alpha value is -1.10. The first-order chi connectivity index (χ1) is 7.61. The van der Waals surface area contributed by atoms with Crippen LogP contribution in [-0.4, -0.2) is 14.8 Å². The van der Waals surface area contributed by atoms with Crippen LogP contribution in [0.4, 0.5) is 0 Å². The van der Waals surface area contributed by atoms with E-state index in [1.54, 1.807) is 22.9 Å². The molecule has 0 aliphatic heterocycles. The maximum Gasteiger partial charge on any atom is 0.164 e. The average Bonchev–Trinajstić information content (AvgIpc) is 2.60. The highest BCUT2D eigenvalue weighted by Crippen LogP contribution is 2.24. The molecular weight excluding hydrogens is 247 g/mol. The van der Waals surface area contributed by atoms with Crippen LogP contribution in [0.25, 0.3) is 5.69 Å². The molecule has 1 aromatic heterocycles. The van der Waals surface area contributed by atoms with Crippen molar-refractivity contribution in [2.75, 3.05) is 0 Å². The van der Waals surface area contributed by atoms with E-state index in [0.29, 0.717) is 22.4 Å². The number of aromatic nitrogens is 3. The molecule has 0 amide bonds. The Balaban J connectivity index is 2.53. The predicted molar refractivity (Wildman–Crippen MR) is 64.0 cm³/mol. The van der Waals surface area contributed by atoms with Crippen molar-refractivity contribution < 1.29 is 0 Å². The Kier molecular flexibility index (Phi) is 3.14. The van der Waals surface area contributed by atoms with E-state index in [-0.39, 0.29) is 0 Å². The number of hydrogen-bond donors (Lipinski definition) is 1. The fourth-order valence-electron chi connectivity index (χ4n) is 1.41. The predicted octanol–water partition coefficient (Wildman–Crippen LogP) is 2.34. The van der Waals surface area contributed by atoms with E-state index in [9.17, 15) is 0 Å². The van der Waals surface area contributed by atoms with E-state index < -0.39 is 0 Å². The van der Waals surface area contributed by atoms with Crippen LogP contribution in [0.5, 0.6) is 0 Å². The molecule has 16 heavy (non-hydrogen) atoms. The molecule has 4 nitrogen and oxygen atoms in total. The minimum Gasteiger partial charge on any atom is -0.324 e. The zero-order valence-corrected chi connectivity index (χ0v) is 10.1. The molecule has 84 valence electrons. The third-order valence-corrected chi connectivity index (χ3v) is 2.67. The van der Waals surface area contributed by atoms with Gasteiger partial charge in [0.05, 0.1) is 17.3 Å². The fourth-order valence-corrected chi connectivity index (χ4v) is 1.90. The second kappa shape index (κ2) is 4.41. The second-order valence-electron chi connectivity index (χ2n) is 3.29. The molecule has 0 aliphatic carbocycles. The molecule has 0 radical (unpaired) electrons. The van der Waals surface area contributed by atoms with Crippen LogP contribution in [0.15, 0.2) is 18.2 Å². The lowest BCUT2D eigenvalue weighted by atomic mass is 10.3. The molecule has 0 spiro atoms. The minimum atomic E-state index is 0.305. The third-order valence-electron chi connectivity index (χ3n) is 2.13. The third kappa shape index (κ3) is 2.04. The van der Waals surface area contributed by atoms with Gasteiger partial charge in [-0.2, -0.15) is 0 Å². The van der Waals surface area contributed by atoms with Gasteiger partial charge in [-0.15, -0.1) is 5.10 Å². The molecule has 2 N–H and O–H groups in total. The van der Waals surface area contributed by atoms with Crippen LogP contribution in [0.1, 0.15) is 11.6 Å². The number of nitrogens with two attached hydrogens (primary N) is 1. The van der Waals surface area contributed by atoms with Gasteiger partial charge in [-0.05, 0) is 25.1 Å². The van der Waals surface area contributed by atoms with E-state index in [4.69, 9.17) is 28.9 Å². The summed E-state index contributed by atoms with van der Waals surface area (Å²) >= 11 is 11.9. The number of aryl methyl sites for hydroxylation is 1.